The van der Waals surface area contributed by atoms with Crippen molar-refractivity contribution in [3.63, 3.8) is 0 Å². The highest BCUT2D eigenvalue weighted by atomic mass is 35.5. The van der Waals surface area contributed by atoms with Gasteiger partial charge in [-0.25, -0.2) is 13.2 Å². The summed E-state index contributed by atoms with van der Waals surface area (Å²) in [6.45, 7) is 1.88. The van der Waals surface area contributed by atoms with Crippen molar-refractivity contribution in [2.24, 2.45) is 5.92 Å². The maximum Gasteiger partial charge on any atom is 0.254 e. The minimum atomic E-state index is -1.55. The van der Waals surface area contributed by atoms with E-state index in [9.17, 15) is 18.0 Å². The second-order valence-electron chi connectivity index (χ2n) is 5.07. The number of carbonyl (C=O) groups excluding carboxylic acids is 1. The molecule has 118 valence electrons. The van der Waals surface area contributed by atoms with E-state index in [1.807, 2.05) is 7.05 Å². The normalized spacial score (nSPS) is 18.3. The molecule has 1 atom stereocenters. The third-order valence-corrected chi connectivity index (χ3v) is 3.53. The fourth-order valence-electron chi connectivity index (χ4n) is 2.57. The summed E-state index contributed by atoms with van der Waals surface area (Å²) in [7, 11) is 1.84. The van der Waals surface area contributed by atoms with Gasteiger partial charge in [-0.05, 0) is 44.5 Å². The molecule has 0 aliphatic carbocycles. The van der Waals surface area contributed by atoms with E-state index in [2.05, 4.69) is 5.32 Å². The van der Waals surface area contributed by atoms with E-state index in [1.165, 1.54) is 0 Å². The highest BCUT2D eigenvalue weighted by molar-refractivity contribution is 5.94. The first-order valence-corrected chi connectivity index (χ1v) is 6.61. The lowest BCUT2D eigenvalue weighted by atomic mass is 9.97. The van der Waals surface area contributed by atoms with Crippen LogP contribution in [0.5, 0.6) is 0 Å². The molecule has 21 heavy (non-hydrogen) atoms. The molecule has 3 nitrogen and oxygen atoms in total. The summed E-state index contributed by atoms with van der Waals surface area (Å²) in [4.78, 5) is 13.8. The first kappa shape index (κ1) is 17.8. The maximum atomic E-state index is 13.2. The van der Waals surface area contributed by atoms with Crippen LogP contribution in [0.1, 0.15) is 23.2 Å². The minimum absolute atomic E-state index is 0. The molecule has 1 amide bonds. The molecule has 1 N–H and O–H groups in total. The molecule has 0 bridgehead atoms. The predicted octanol–water partition coefficient (Wildman–Crippen LogP) is 2.60. The summed E-state index contributed by atoms with van der Waals surface area (Å²) < 4.78 is 39.2. The zero-order chi connectivity index (χ0) is 14.7. The van der Waals surface area contributed by atoms with Crippen molar-refractivity contribution in [3.8, 4) is 0 Å². The lowest BCUT2D eigenvalue weighted by molar-refractivity contribution is 0.0673. The Morgan fingerprint density at radius 3 is 2.52 bits per heavy atom. The molecule has 2 rings (SSSR count). The molecule has 1 aromatic rings. The molecule has 1 aliphatic heterocycles. The zero-order valence-corrected chi connectivity index (χ0v) is 12.5. The number of benzene rings is 1. The average molecular weight is 323 g/mol. The van der Waals surface area contributed by atoms with Gasteiger partial charge >= 0.3 is 0 Å². The van der Waals surface area contributed by atoms with Gasteiger partial charge in [0, 0.05) is 18.7 Å². The Kier molecular flexibility index (Phi) is 6.48. The Labute approximate surface area is 127 Å². The molecular weight excluding hydrogens is 305 g/mol. The summed E-state index contributed by atoms with van der Waals surface area (Å²) in [5, 5.41) is 3.05. The topological polar surface area (TPSA) is 32.3 Å². The lowest BCUT2D eigenvalue weighted by Crippen LogP contribution is -2.42. The van der Waals surface area contributed by atoms with E-state index < -0.39 is 23.4 Å². The van der Waals surface area contributed by atoms with Crippen LogP contribution in [0.15, 0.2) is 12.1 Å². The highest BCUT2D eigenvalue weighted by Crippen LogP contribution is 2.20. The molecule has 0 saturated carbocycles. The molecule has 7 heteroatoms. The van der Waals surface area contributed by atoms with Crippen molar-refractivity contribution in [1.82, 2.24) is 10.2 Å². The second-order valence-corrected chi connectivity index (χ2v) is 5.07. The van der Waals surface area contributed by atoms with E-state index in [1.54, 1.807) is 4.90 Å². The quantitative estimate of drug-likeness (QED) is 0.868. The SMILES string of the molecule is CNCC1CCCN(C(=O)c2cc(F)c(F)c(F)c2)C1.Cl. The maximum absolute atomic E-state index is 13.2. The van der Waals surface area contributed by atoms with E-state index in [-0.39, 0.29) is 18.0 Å². The summed E-state index contributed by atoms with van der Waals surface area (Å²) in [6, 6.07) is 1.50. The van der Waals surface area contributed by atoms with Gasteiger partial charge in [-0.1, -0.05) is 0 Å². The van der Waals surface area contributed by atoms with E-state index in [4.69, 9.17) is 0 Å². The van der Waals surface area contributed by atoms with Crippen molar-refractivity contribution in [2.45, 2.75) is 12.8 Å². The molecule has 1 saturated heterocycles. The van der Waals surface area contributed by atoms with Crippen LogP contribution < -0.4 is 5.32 Å². The largest absolute Gasteiger partial charge is 0.338 e. The highest BCUT2D eigenvalue weighted by Gasteiger charge is 2.25. The van der Waals surface area contributed by atoms with Crippen molar-refractivity contribution in [3.05, 3.63) is 35.1 Å². The number of nitrogens with zero attached hydrogens (tertiary/aromatic N) is 1. The van der Waals surface area contributed by atoms with Gasteiger partial charge in [-0.3, -0.25) is 4.79 Å². The smallest absolute Gasteiger partial charge is 0.254 e. The van der Waals surface area contributed by atoms with Gasteiger partial charge in [0.2, 0.25) is 0 Å². The summed E-state index contributed by atoms with van der Waals surface area (Å²) >= 11 is 0. The van der Waals surface area contributed by atoms with Gasteiger partial charge in [0.15, 0.2) is 17.5 Å². The summed E-state index contributed by atoms with van der Waals surface area (Å²) in [5.41, 5.74) is -0.147. The van der Waals surface area contributed by atoms with Crippen LogP contribution >= 0.6 is 12.4 Å². The molecule has 1 heterocycles. The number of halogens is 4. The Hall–Kier alpha value is -1.27. The monoisotopic (exact) mass is 322 g/mol. The first-order chi connectivity index (χ1) is 9.52. The van der Waals surface area contributed by atoms with Crippen molar-refractivity contribution in [2.75, 3.05) is 26.7 Å². The Morgan fingerprint density at radius 1 is 1.33 bits per heavy atom. The summed E-state index contributed by atoms with van der Waals surface area (Å²) in [5.74, 6) is -4.35. The number of amides is 1. The summed E-state index contributed by atoms with van der Waals surface area (Å²) in [6.07, 6.45) is 1.86. The van der Waals surface area contributed by atoms with Gasteiger partial charge in [-0.15, -0.1) is 12.4 Å². The Morgan fingerprint density at radius 2 is 1.95 bits per heavy atom. The van der Waals surface area contributed by atoms with E-state index in [0.29, 0.717) is 19.0 Å². The standard InChI is InChI=1S/C14H17F3N2O.ClH/c1-18-7-9-3-2-4-19(8-9)14(20)10-5-11(15)13(17)12(16)6-10;/h5-6,9,18H,2-4,7-8H2,1H3;1H. The van der Waals surface area contributed by atoms with E-state index >= 15 is 0 Å². The molecule has 1 aliphatic rings. The van der Waals surface area contributed by atoms with Gasteiger partial charge in [0.25, 0.3) is 5.91 Å². The number of carbonyl (C=O) groups is 1. The van der Waals surface area contributed by atoms with Crippen LogP contribution in [-0.4, -0.2) is 37.5 Å². The molecule has 1 aromatic carbocycles. The van der Waals surface area contributed by atoms with E-state index in [0.717, 1.165) is 31.5 Å². The zero-order valence-electron chi connectivity index (χ0n) is 11.7. The minimum Gasteiger partial charge on any atom is -0.338 e. The predicted molar refractivity (Wildman–Crippen MR) is 76.1 cm³/mol. The van der Waals surface area contributed by atoms with Crippen LogP contribution in [-0.2, 0) is 0 Å². The second kappa shape index (κ2) is 7.66. The third kappa shape index (κ3) is 4.11. The van der Waals surface area contributed by atoms with Gasteiger partial charge < -0.3 is 10.2 Å². The molecule has 1 unspecified atom stereocenters. The first-order valence-electron chi connectivity index (χ1n) is 6.61. The fourth-order valence-corrected chi connectivity index (χ4v) is 2.57. The van der Waals surface area contributed by atoms with Crippen molar-refractivity contribution in [1.29, 1.82) is 0 Å². The number of hydrogen-bond donors (Lipinski definition) is 1. The average Bonchev–Trinajstić information content (AvgIpc) is 2.44. The lowest BCUT2D eigenvalue weighted by Gasteiger charge is -2.32. The van der Waals surface area contributed by atoms with Crippen LogP contribution in [0.3, 0.4) is 0 Å². The molecule has 0 spiro atoms. The third-order valence-electron chi connectivity index (χ3n) is 3.53. The van der Waals surface area contributed by atoms with Crippen molar-refractivity contribution < 1.29 is 18.0 Å². The number of piperidine rings is 1. The number of hydrogen-bond acceptors (Lipinski definition) is 2. The van der Waals surface area contributed by atoms with Crippen molar-refractivity contribution >= 4 is 18.3 Å². The number of likely N-dealkylation sites (tertiary alicyclic amines) is 1. The molecule has 0 radical (unpaired) electrons. The molecule has 0 aromatic heterocycles. The van der Waals surface area contributed by atoms with Crippen LogP contribution in [0, 0.1) is 23.4 Å². The molecular formula is C14H18ClF3N2O. The Balaban J connectivity index is 0.00000220. The fraction of sp³-hybridized carbons (Fsp3) is 0.500. The number of rotatable bonds is 3. The van der Waals surface area contributed by atoms with Gasteiger partial charge in [0.05, 0.1) is 0 Å². The van der Waals surface area contributed by atoms with Gasteiger partial charge in [0.1, 0.15) is 0 Å². The van der Waals surface area contributed by atoms with Crippen LogP contribution in [0.25, 0.3) is 0 Å². The van der Waals surface area contributed by atoms with Gasteiger partial charge in [-0.2, -0.15) is 0 Å². The van der Waals surface area contributed by atoms with Crippen LogP contribution in [0.2, 0.25) is 0 Å². The molecule has 1 fully saturated rings. The Bertz CT molecular complexity index is 488. The van der Waals surface area contributed by atoms with Crippen LogP contribution in [0.4, 0.5) is 13.2 Å². The number of nitrogens with one attached hydrogen (secondary N) is 1.